The van der Waals surface area contributed by atoms with Crippen molar-refractivity contribution in [1.82, 2.24) is 0 Å². The van der Waals surface area contributed by atoms with Gasteiger partial charge >= 0.3 is 11.9 Å². The topological polar surface area (TPSA) is 116 Å². The molecule has 0 amide bonds. The minimum atomic E-state index is -1.38. The van der Waals surface area contributed by atoms with Crippen molar-refractivity contribution in [3.05, 3.63) is 41.5 Å². The van der Waals surface area contributed by atoms with Crippen LogP contribution >= 0.6 is 0 Å². The molecule has 0 bridgehead atoms. The number of methoxy groups -OCH3 is 3. The number of fused-ring (bicyclic) bond motifs is 1. The average molecular weight is 503 g/mol. The molecule has 2 aromatic rings. The largest absolute Gasteiger partial charge is 0.493 e. The SMILES string of the molecule is CCOC(=O)CC(=O)C(C(=O)OCC)C(c1ccc2c(c1)OCO2)c1cc(OC)c(OC)c(OC)c1. The standard InChI is InChI=1S/C26H30O10/c1-6-33-22(28)13-17(27)24(26(29)34-7-2)23(15-8-9-18-19(10-15)36-14-35-18)16-11-20(30-3)25(32-5)21(12-16)31-4/h8-12,23-24H,6-7,13-14H2,1-5H3. The second kappa shape index (κ2) is 12.1. The summed E-state index contributed by atoms with van der Waals surface area (Å²) < 4.78 is 37.6. The van der Waals surface area contributed by atoms with E-state index in [0.29, 0.717) is 39.9 Å². The zero-order chi connectivity index (χ0) is 26.2. The quantitative estimate of drug-likeness (QED) is 0.316. The third kappa shape index (κ3) is 5.64. The highest BCUT2D eigenvalue weighted by atomic mass is 16.7. The smallest absolute Gasteiger partial charge is 0.317 e. The van der Waals surface area contributed by atoms with Gasteiger partial charge in [0.25, 0.3) is 0 Å². The summed E-state index contributed by atoms with van der Waals surface area (Å²) in [6.07, 6.45) is -0.594. The number of ether oxygens (including phenoxy) is 7. The monoisotopic (exact) mass is 502 g/mol. The Balaban J connectivity index is 2.22. The number of carbonyl (C=O) groups is 3. The molecule has 0 radical (unpaired) electrons. The molecule has 0 saturated heterocycles. The number of esters is 2. The van der Waals surface area contributed by atoms with Crippen LogP contribution in [0.4, 0.5) is 0 Å². The molecule has 1 aliphatic heterocycles. The zero-order valence-corrected chi connectivity index (χ0v) is 21.0. The van der Waals surface area contributed by atoms with Crippen molar-refractivity contribution in [3.8, 4) is 28.7 Å². The van der Waals surface area contributed by atoms with Gasteiger partial charge in [-0.15, -0.1) is 0 Å². The summed E-state index contributed by atoms with van der Waals surface area (Å²) in [5.41, 5.74) is 1.06. The van der Waals surface area contributed by atoms with Crippen LogP contribution < -0.4 is 23.7 Å². The van der Waals surface area contributed by atoms with Crippen molar-refractivity contribution >= 4 is 17.7 Å². The summed E-state index contributed by atoms with van der Waals surface area (Å²) in [5.74, 6) is -2.42. The Morgan fingerprint density at radius 1 is 0.833 bits per heavy atom. The average Bonchev–Trinajstić information content (AvgIpc) is 3.34. The number of Topliss-reactive ketones (excluding diaryl/α,β-unsaturated/α-hetero) is 1. The van der Waals surface area contributed by atoms with Gasteiger partial charge in [0.1, 0.15) is 12.3 Å². The van der Waals surface area contributed by atoms with Crippen LogP contribution in [0.25, 0.3) is 0 Å². The fourth-order valence-corrected chi connectivity index (χ4v) is 4.11. The highest BCUT2D eigenvalue weighted by molar-refractivity contribution is 6.07. The van der Waals surface area contributed by atoms with E-state index in [2.05, 4.69) is 0 Å². The van der Waals surface area contributed by atoms with Gasteiger partial charge in [0.2, 0.25) is 12.5 Å². The van der Waals surface area contributed by atoms with E-state index in [1.54, 1.807) is 44.2 Å². The molecule has 10 nitrogen and oxygen atoms in total. The second-order valence-corrected chi connectivity index (χ2v) is 7.73. The molecule has 194 valence electrons. The van der Waals surface area contributed by atoms with Crippen LogP contribution in [0.2, 0.25) is 0 Å². The van der Waals surface area contributed by atoms with Crippen molar-refractivity contribution in [2.75, 3.05) is 41.3 Å². The molecule has 36 heavy (non-hydrogen) atoms. The number of carbonyl (C=O) groups excluding carboxylic acids is 3. The third-order valence-electron chi connectivity index (χ3n) is 5.65. The number of hydrogen-bond donors (Lipinski definition) is 0. The van der Waals surface area contributed by atoms with Gasteiger partial charge < -0.3 is 33.2 Å². The van der Waals surface area contributed by atoms with Crippen molar-refractivity contribution in [2.45, 2.75) is 26.2 Å². The lowest BCUT2D eigenvalue weighted by atomic mass is 9.77. The van der Waals surface area contributed by atoms with Gasteiger partial charge in [-0.2, -0.15) is 0 Å². The van der Waals surface area contributed by atoms with Gasteiger partial charge in [-0.3, -0.25) is 14.4 Å². The maximum absolute atomic E-state index is 13.5. The van der Waals surface area contributed by atoms with Crippen LogP contribution in [0.5, 0.6) is 28.7 Å². The highest BCUT2D eigenvalue weighted by Crippen LogP contribution is 2.45. The van der Waals surface area contributed by atoms with Crippen LogP contribution in [-0.2, 0) is 23.9 Å². The second-order valence-electron chi connectivity index (χ2n) is 7.73. The molecule has 3 rings (SSSR count). The zero-order valence-electron chi connectivity index (χ0n) is 21.0. The molecule has 0 fully saturated rings. The number of hydrogen-bond acceptors (Lipinski definition) is 10. The van der Waals surface area contributed by atoms with E-state index in [4.69, 9.17) is 33.2 Å². The third-order valence-corrected chi connectivity index (χ3v) is 5.65. The minimum Gasteiger partial charge on any atom is -0.493 e. The molecule has 1 aliphatic rings. The van der Waals surface area contributed by atoms with Crippen molar-refractivity contribution in [1.29, 1.82) is 0 Å². The van der Waals surface area contributed by atoms with Crippen LogP contribution in [0.1, 0.15) is 37.3 Å². The lowest BCUT2D eigenvalue weighted by Gasteiger charge is -2.27. The van der Waals surface area contributed by atoms with Gasteiger partial charge in [-0.05, 0) is 49.2 Å². The molecule has 2 unspecified atom stereocenters. The first-order valence-corrected chi connectivity index (χ1v) is 11.4. The molecule has 10 heteroatoms. The van der Waals surface area contributed by atoms with Crippen molar-refractivity contribution in [2.24, 2.45) is 5.92 Å². The maximum Gasteiger partial charge on any atom is 0.317 e. The van der Waals surface area contributed by atoms with Crippen LogP contribution in [0.15, 0.2) is 30.3 Å². The van der Waals surface area contributed by atoms with E-state index in [0.717, 1.165) is 0 Å². The first-order valence-electron chi connectivity index (χ1n) is 11.4. The first-order chi connectivity index (χ1) is 17.4. The van der Waals surface area contributed by atoms with Gasteiger partial charge in [0.05, 0.1) is 34.5 Å². The Bertz CT molecular complexity index is 1080. The van der Waals surface area contributed by atoms with E-state index >= 15 is 0 Å². The number of rotatable bonds is 12. The fourth-order valence-electron chi connectivity index (χ4n) is 4.11. The molecule has 0 aromatic heterocycles. The van der Waals surface area contributed by atoms with Crippen LogP contribution in [0.3, 0.4) is 0 Å². The van der Waals surface area contributed by atoms with Gasteiger partial charge in [-0.25, -0.2) is 0 Å². The van der Waals surface area contributed by atoms with E-state index in [1.165, 1.54) is 21.3 Å². The van der Waals surface area contributed by atoms with E-state index in [9.17, 15) is 14.4 Å². The molecule has 0 N–H and O–H groups in total. The molecular formula is C26H30O10. The maximum atomic E-state index is 13.5. The summed E-state index contributed by atoms with van der Waals surface area (Å²) in [6, 6.07) is 8.42. The molecule has 0 spiro atoms. The Morgan fingerprint density at radius 3 is 2.06 bits per heavy atom. The van der Waals surface area contributed by atoms with Crippen molar-refractivity contribution < 1.29 is 47.5 Å². The summed E-state index contributed by atoms with van der Waals surface area (Å²) in [6.45, 7) is 3.48. The lowest BCUT2D eigenvalue weighted by Crippen LogP contribution is -2.34. The molecule has 2 aromatic carbocycles. The first kappa shape index (κ1) is 26.7. The van der Waals surface area contributed by atoms with E-state index in [-0.39, 0.29) is 20.0 Å². The fraction of sp³-hybridized carbons (Fsp3) is 0.423. The molecular weight excluding hydrogens is 472 g/mol. The molecule has 2 atom stereocenters. The Kier molecular flexibility index (Phi) is 8.99. The molecule has 0 saturated carbocycles. The molecule has 0 aliphatic carbocycles. The predicted octanol–water partition coefficient (Wildman–Crippen LogP) is 3.27. The summed E-state index contributed by atoms with van der Waals surface area (Å²) in [5, 5.41) is 0. The van der Waals surface area contributed by atoms with Gasteiger partial charge in [0, 0.05) is 5.92 Å². The normalized spacial score (nSPS) is 13.4. The van der Waals surface area contributed by atoms with Crippen molar-refractivity contribution in [3.63, 3.8) is 0 Å². The Labute approximate surface area is 209 Å². The Morgan fingerprint density at radius 2 is 1.47 bits per heavy atom. The molecule has 1 heterocycles. The lowest BCUT2D eigenvalue weighted by molar-refractivity contribution is -0.154. The van der Waals surface area contributed by atoms with Crippen LogP contribution in [-0.4, -0.2) is 59.1 Å². The highest BCUT2D eigenvalue weighted by Gasteiger charge is 2.40. The summed E-state index contributed by atoms with van der Waals surface area (Å²) in [7, 11) is 4.40. The Hall–Kier alpha value is -3.95. The van der Waals surface area contributed by atoms with Gasteiger partial charge in [-0.1, -0.05) is 6.07 Å². The number of benzene rings is 2. The summed E-state index contributed by atoms with van der Waals surface area (Å²) >= 11 is 0. The van der Waals surface area contributed by atoms with Gasteiger partial charge in [0.15, 0.2) is 28.8 Å². The number of ketones is 1. The van der Waals surface area contributed by atoms with E-state index < -0.39 is 36.0 Å². The van der Waals surface area contributed by atoms with Crippen LogP contribution in [0, 0.1) is 5.92 Å². The predicted molar refractivity (Wildman–Crippen MR) is 127 cm³/mol. The minimum absolute atomic E-state index is 0.0468. The van der Waals surface area contributed by atoms with E-state index in [1.807, 2.05) is 0 Å². The summed E-state index contributed by atoms with van der Waals surface area (Å²) in [4.78, 5) is 38.9.